The number of thioether (sulfide) groups is 1. The molecule has 0 N–H and O–H groups in total. The molecule has 0 heterocycles. The molecular formula is C15H13NO3S. The molecule has 0 spiro atoms. The summed E-state index contributed by atoms with van der Waals surface area (Å²) in [6.07, 6.45) is 0. The number of benzene rings is 2. The maximum Gasteiger partial charge on any atom is 0.220 e. The van der Waals surface area contributed by atoms with E-state index in [9.17, 15) is 14.9 Å². The van der Waals surface area contributed by atoms with Gasteiger partial charge in [-0.3, -0.25) is 14.9 Å². The standard InChI is InChI=1S/C15H13NO3S/c17-15(13-9-5-2-6-10-13)20-14(11-16(18)19)12-7-3-1-4-8-12/h1-10,14H,11H2. The van der Waals surface area contributed by atoms with Crippen LogP contribution >= 0.6 is 11.8 Å². The third-order valence-electron chi connectivity index (χ3n) is 2.75. The van der Waals surface area contributed by atoms with Gasteiger partial charge in [-0.15, -0.1) is 0 Å². The average molecular weight is 287 g/mol. The molecule has 0 saturated heterocycles. The third-order valence-corrected chi connectivity index (χ3v) is 3.90. The van der Waals surface area contributed by atoms with E-state index in [0.29, 0.717) is 5.56 Å². The summed E-state index contributed by atoms with van der Waals surface area (Å²) in [5.74, 6) is 0. The van der Waals surface area contributed by atoms with Crippen LogP contribution in [-0.4, -0.2) is 16.6 Å². The van der Waals surface area contributed by atoms with Crippen LogP contribution in [0.3, 0.4) is 0 Å². The predicted octanol–water partition coefficient (Wildman–Crippen LogP) is 3.58. The molecule has 0 amide bonds. The number of rotatable bonds is 5. The molecule has 1 unspecified atom stereocenters. The van der Waals surface area contributed by atoms with Gasteiger partial charge in [0.2, 0.25) is 11.7 Å². The van der Waals surface area contributed by atoms with Gasteiger partial charge in [-0.05, 0) is 5.56 Å². The van der Waals surface area contributed by atoms with Crippen molar-refractivity contribution in [2.75, 3.05) is 6.54 Å². The fourth-order valence-electron chi connectivity index (χ4n) is 1.79. The Bertz CT molecular complexity index is 587. The van der Waals surface area contributed by atoms with Gasteiger partial charge in [-0.2, -0.15) is 0 Å². The Morgan fingerprint density at radius 1 is 1.05 bits per heavy atom. The number of hydrogen-bond donors (Lipinski definition) is 0. The van der Waals surface area contributed by atoms with Crippen LogP contribution in [0, 0.1) is 10.1 Å². The van der Waals surface area contributed by atoms with Gasteiger partial charge in [-0.1, -0.05) is 72.4 Å². The van der Waals surface area contributed by atoms with Crippen molar-refractivity contribution in [1.82, 2.24) is 0 Å². The lowest BCUT2D eigenvalue weighted by atomic mass is 10.1. The highest BCUT2D eigenvalue weighted by Gasteiger charge is 2.22. The Morgan fingerprint density at radius 2 is 1.60 bits per heavy atom. The lowest BCUT2D eigenvalue weighted by molar-refractivity contribution is -0.479. The predicted molar refractivity (Wildman–Crippen MR) is 79.4 cm³/mol. The number of nitro groups is 1. The summed E-state index contributed by atoms with van der Waals surface area (Å²) < 4.78 is 0. The molecule has 20 heavy (non-hydrogen) atoms. The minimum absolute atomic E-state index is 0.152. The van der Waals surface area contributed by atoms with Gasteiger partial charge < -0.3 is 0 Å². The third kappa shape index (κ3) is 3.93. The Kier molecular flexibility index (Phi) is 4.90. The second kappa shape index (κ2) is 6.86. The Labute approximate surface area is 121 Å². The van der Waals surface area contributed by atoms with E-state index >= 15 is 0 Å². The van der Waals surface area contributed by atoms with E-state index < -0.39 is 5.25 Å². The first-order valence-electron chi connectivity index (χ1n) is 6.09. The topological polar surface area (TPSA) is 60.2 Å². The molecule has 0 radical (unpaired) electrons. The number of nitrogens with zero attached hydrogens (tertiary/aromatic N) is 1. The molecule has 0 aliphatic heterocycles. The summed E-state index contributed by atoms with van der Waals surface area (Å²) in [6.45, 7) is -0.271. The molecule has 0 saturated carbocycles. The largest absolute Gasteiger partial charge is 0.282 e. The van der Waals surface area contributed by atoms with Gasteiger partial charge in [0.1, 0.15) is 5.25 Å². The summed E-state index contributed by atoms with van der Waals surface area (Å²) in [4.78, 5) is 22.5. The van der Waals surface area contributed by atoms with Crippen LogP contribution in [0.15, 0.2) is 60.7 Å². The molecule has 2 rings (SSSR count). The smallest absolute Gasteiger partial charge is 0.220 e. The maximum atomic E-state index is 12.2. The van der Waals surface area contributed by atoms with Crippen molar-refractivity contribution < 1.29 is 9.72 Å². The lowest BCUT2D eigenvalue weighted by Crippen LogP contribution is -2.12. The molecule has 0 bridgehead atoms. The molecule has 2 aromatic rings. The van der Waals surface area contributed by atoms with Crippen molar-refractivity contribution in [3.8, 4) is 0 Å². The molecule has 0 aromatic heterocycles. The SMILES string of the molecule is O=C(SC(C[N+](=O)[O-])c1ccccc1)c1ccccc1. The normalized spacial score (nSPS) is 11.8. The highest BCUT2D eigenvalue weighted by Crippen LogP contribution is 2.31. The van der Waals surface area contributed by atoms with Crippen LogP contribution in [0.2, 0.25) is 0 Å². The molecule has 0 aliphatic rings. The van der Waals surface area contributed by atoms with Gasteiger partial charge in [0.25, 0.3) is 0 Å². The first kappa shape index (κ1) is 14.3. The molecule has 1 atom stereocenters. The van der Waals surface area contributed by atoms with Crippen molar-refractivity contribution in [2.45, 2.75) is 5.25 Å². The molecule has 0 fully saturated rings. The molecule has 0 aliphatic carbocycles. The zero-order valence-corrected chi connectivity index (χ0v) is 11.5. The van der Waals surface area contributed by atoms with Crippen molar-refractivity contribution in [3.05, 3.63) is 81.9 Å². The minimum atomic E-state index is -0.473. The van der Waals surface area contributed by atoms with E-state index in [2.05, 4.69) is 0 Å². The lowest BCUT2D eigenvalue weighted by Gasteiger charge is -2.11. The fraction of sp³-hybridized carbons (Fsp3) is 0.133. The average Bonchev–Trinajstić information content (AvgIpc) is 2.48. The highest BCUT2D eigenvalue weighted by atomic mass is 32.2. The Balaban J connectivity index is 2.16. The van der Waals surface area contributed by atoms with Crippen LogP contribution in [0.4, 0.5) is 0 Å². The minimum Gasteiger partial charge on any atom is -0.282 e. The highest BCUT2D eigenvalue weighted by molar-refractivity contribution is 8.14. The van der Waals surface area contributed by atoms with E-state index in [1.165, 1.54) is 0 Å². The van der Waals surface area contributed by atoms with Crippen molar-refractivity contribution in [2.24, 2.45) is 0 Å². The molecule has 2 aromatic carbocycles. The van der Waals surface area contributed by atoms with E-state index in [-0.39, 0.29) is 16.6 Å². The molecule has 5 heteroatoms. The Morgan fingerprint density at radius 3 is 2.15 bits per heavy atom. The van der Waals surface area contributed by atoms with Crippen molar-refractivity contribution >= 4 is 16.9 Å². The van der Waals surface area contributed by atoms with Crippen LogP contribution in [0.1, 0.15) is 21.2 Å². The quantitative estimate of drug-likeness (QED) is 0.623. The second-order valence-electron chi connectivity index (χ2n) is 4.19. The fourth-order valence-corrected chi connectivity index (χ4v) is 2.81. The van der Waals surface area contributed by atoms with Gasteiger partial charge in [0.15, 0.2) is 0 Å². The maximum absolute atomic E-state index is 12.2. The van der Waals surface area contributed by atoms with Crippen molar-refractivity contribution in [3.63, 3.8) is 0 Å². The number of hydrogen-bond acceptors (Lipinski definition) is 4. The zero-order valence-electron chi connectivity index (χ0n) is 10.6. The monoisotopic (exact) mass is 287 g/mol. The van der Waals surface area contributed by atoms with E-state index in [0.717, 1.165) is 17.3 Å². The first-order chi connectivity index (χ1) is 9.66. The zero-order chi connectivity index (χ0) is 14.4. The number of carbonyl (C=O) groups excluding carboxylic acids is 1. The Hall–Kier alpha value is -2.14. The molecule has 102 valence electrons. The van der Waals surface area contributed by atoms with Crippen LogP contribution in [0.5, 0.6) is 0 Å². The molecule has 4 nitrogen and oxygen atoms in total. The van der Waals surface area contributed by atoms with Gasteiger partial charge in [0.05, 0.1) is 0 Å². The van der Waals surface area contributed by atoms with E-state index in [4.69, 9.17) is 0 Å². The summed E-state index contributed by atoms with van der Waals surface area (Å²) >= 11 is 0.999. The van der Waals surface area contributed by atoms with Gasteiger partial charge >= 0.3 is 0 Å². The second-order valence-corrected chi connectivity index (χ2v) is 5.36. The summed E-state index contributed by atoms with van der Waals surface area (Å²) in [5, 5.41) is 10.2. The first-order valence-corrected chi connectivity index (χ1v) is 6.97. The summed E-state index contributed by atoms with van der Waals surface area (Å²) in [7, 11) is 0. The summed E-state index contributed by atoms with van der Waals surface area (Å²) in [5.41, 5.74) is 1.35. The van der Waals surface area contributed by atoms with Crippen molar-refractivity contribution in [1.29, 1.82) is 0 Å². The van der Waals surface area contributed by atoms with Gasteiger partial charge in [-0.25, -0.2) is 0 Å². The van der Waals surface area contributed by atoms with E-state index in [1.54, 1.807) is 36.4 Å². The van der Waals surface area contributed by atoms with Crippen LogP contribution in [-0.2, 0) is 0 Å². The van der Waals surface area contributed by atoms with E-state index in [1.807, 2.05) is 24.3 Å². The van der Waals surface area contributed by atoms with Crippen LogP contribution in [0.25, 0.3) is 0 Å². The molecular weight excluding hydrogens is 274 g/mol. The summed E-state index contributed by atoms with van der Waals surface area (Å²) in [6, 6.07) is 17.9. The van der Waals surface area contributed by atoms with Gasteiger partial charge in [0, 0.05) is 10.5 Å². The number of carbonyl (C=O) groups is 1. The van der Waals surface area contributed by atoms with Crippen LogP contribution < -0.4 is 0 Å².